The van der Waals surface area contributed by atoms with Crippen LogP contribution in [0, 0.1) is 0 Å². The van der Waals surface area contributed by atoms with Gasteiger partial charge in [-0.15, -0.1) is 0 Å². The van der Waals surface area contributed by atoms with E-state index in [0.29, 0.717) is 0 Å². The average Bonchev–Trinajstić information content (AvgIpc) is 3.87. The van der Waals surface area contributed by atoms with Crippen molar-refractivity contribution in [2.24, 2.45) is 0 Å². The largest absolute Gasteiger partial charge is 0.456 e. The van der Waals surface area contributed by atoms with Gasteiger partial charge in [-0.1, -0.05) is 160 Å². The van der Waals surface area contributed by atoms with Gasteiger partial charge in [-0.3, -0.25) is 0 Å². The molecule has 0 bridgehead atoms. The fourth-order valence-corrected chi connectivity index (χ4v) is 8.73. The van der Waals surface area contributed by atoms with Crippen LogP contribution in [0.2, 0.25) is 0 Å². The number of fused-ring (bicyclic) bond motifs is 2. The molecule has 2 aromatic heterocycles. The normalized spacial score (nSPS) is 12.2. The Morgan fingerprint density at radius 3 is 1.32 bits per heavy atom. The van der Waals surface area contributed by atoms with E-state index >= 15 is 0 Å². The highest BCUT2D eigenvalue weighted by Crippen LogP contribution is 2.49. The van der Waals surface area contributed by atoms with Crippen molar-refractivity contribution in [2.45, 2.75) is 26.2 Å². The standard InChI is InChI=1S/C54H38O2/c1-54(2,3)39-17-11-16-36(28-39)45-32-47(51-30-38-15-8-10-19-49(38)56-51)43-26-24-40-44(35-22-20-34(21-23-35)33-12-5-4-6-13-33)31-46(42-27-25-41(45)53(43)52(40)42)50-29-37-14-7-9-18-48(37)55-50/h4-32H,1-3H3. The number of rotatable bonds is 5. The topological polar surface area (TPSA) is 26.3 Å². The summed E-state index contributed by atoms with van der Waals surface area (Å²) in [7, 11) is 0. The van der Waals surface area contributed by atoms with Crippen LogP contribution in [0.3, 0.4) is 0 Å². The lowest BCUT2D eigenvalue weighted by Crippen LogP contribution is -2.10. The van der Waals surface area contributed by atoms with Crippen LogP contribution in [0.5, 0.6) is 0 Å². The summed E-state index contributed by atoms with van der Waals surface area (Å²) in [5, 5.41) is 9.41. The number of benzene rings is 9. The number of hydrogen-bond donors (Lipinski definition) is 0. The van der Waals surface area contributed by atoms with Gasteiger partial charge in [0.15, 0.2) is 0 Å². The van der Waals surface area contributed by atoms with Gasteiger partial charge in [0.2, 0.25) is 0 Å². The SMILES string of the molecule is CC(C)(C)c1cccc(-c2cc(-c3cc4ccccc4o3)c3ccc4c(-c5ccc(-c6ccccc6)cc5)cc(-c5cc6ccccc6o5)c5ccc2c3c45)c1. The Bertz CT molecular complexity index is 3190. The molecule has 0 unspecified atom stereocenters. The Hall–Kier alpha value is -6.90. The molecule has 56 heavy (non-hydrogen) atoms. The highest BCUT2D eigenvalue weighted by molar-refractivity contribution is 6.31. The third-order valence-electron chi connectivity index (χ3n) is 11.6. The molecule has 11 aromatic rings. The molecule has 0 aliphatic rings. The summed E-state index contributed by atoms with van der Waals surface area (Å²) in [6.07, 6.45) is 0. The summed E-state index contributed by atoms with van der Waals surface area (Å²) < 4.78 is 13.3. The van der Waals surface area contributed by atoms with Crippen LogP contribution >= 0.6 is 0 Å². The minimum absolute atomic E-state index is 0.00774. The van der Waals surface area contributed by atoms with Crippen molar-refractivity contribution in [1.29, 1.82) is 0 Å². The molecule has 266 valence electrons. The molecule has 0 aliphatic heterocycles. The second-order valence-electron chi connectivity index (χ2n) is 16.1. The van der Waals surface area contributed by atoms with E-state index in [1.807, 2.05) is 12.1 Å². The van der Waals surface area contributed by atoms with Gasteiger partial charge in [0.1, 0.15) is 22.7 Å². The van der Waals surface area contributed by atoms with Crippen LogP contribution in [-0.2, 0) is 5.41 Å². The van der Waals surface area contributed by atoms with Crippen molar-refractivity contribution >= 4 is 54.3 Å². The molecule has 0 spiro atoms. The van der Waals surface area contributed by atoms with E-state index in [2.05, 4.69) is 185 Å². The predicted octanol–water partition coefficient (Wildman–Crippen LogP) is 15.7. The van der Waals surface area contributed by atoms with Gasteiger partial charge in [-0.25, -0.2) is 0 Å². The van der Waals surface area contributed by atoms with Crippen LogP contribution in [0.4, 0.5) is 0 Å². The van der Waals surface area contributed by atoms with Crippen LogP contribution in [0.1, 0.15) is 26.3 Å². The summed E-state index contributed by atoms with van der Waals surface area (Å²) in [6, 6.07) is 63.6. The summed E-state index contributed by atoms with van der Waals surface area (Å²) in [4.78, 5) is 0. The van der Waals surface area contributed by atoms with Gasteiger partial charge in [0.05, 0.1) is 0 Å². The molecular formula is C54H38O2. The average molecular weight is 719 g/mol. The lowest BCUT2D eigenvalue weighted by molar-refractivity contribution is 0.590. The van der Waals surface area contributed by atoms with Crippen molar-refractivity contribution in [3.05, 3.63) is 181 Å². The van der Waals surface area contributed by atoms with Crippen molar-refractivity contribution < 1.29 is 8.83 Å². The summed E-state index contributed by atoms with van der Waals surface area (Å²) in [5.41, 5.74) is 12.4. The lowest BCUT2D eigenvalue weighted by atomic mass is 9.81. The van der Waals surface area contributed by atoms with Gasteiger partial charge in [0, 0.05) is 21.9 Å². The highest BCUT2D eigenvalue weighted by Gasteiger charge is 2.24. The molecular weight excluding hydrogens is 681 g/mol. The fourth-order valence-electron chi connectivity index (χ4n) is 8.73. The molecule has 0 fully saturated rings. The first-order chi connectivity index (χ1) is 27.4. The van der Waals surface area contributed by atoms with Crippen LogP contribution in [0.15, 0.2) is 185 Å². The van der Waals surface area contributed by atoms with E-state index in [4.69, 9.17) is 8.83 Å². The van der Waals surface area contributed by atoms with Gasteiger partial charge in [-0.2, -0.15) is 0 Å². The molecule has 0 saturated carbocycles. The van der Waals surface area contributed by atoms with Crippen molar-refractivity contribution in [2.75, 3.05) is 0 Å². The number of furan rings is 2. The lowest BCUT2D eigenvalue weighted by Gasteiger charge is -2.22. The molecule has 0 aliphatic carbocycles. The summed E-state index contributed by atoms with van der Waals surface area (Å²) in [6.45, 7) is 6.84. The van der Waals surface area contributed by atoms with Crippen molar-refractivity contribution in [1.82, 2.24) is 0 Å². The predicted molar refractivity (Wildman–Crippen MR) is 236 cm³/mol. The third-order valence-corrected chi connectivity index (χ3v) is 11.6. The quantitative estimate of drug-likeness (QED) is 0.166. The van der Waals surface area contributed by atoms with Crippen molar-refractivity contribution in [3.8, 4) is 56.0 Å². The minimum atomic E-state index is 0.00774. The van der Waals surface area contributed by atoms with E-state index in [1.54, 1.807) is 0 Å². The smallest absolute Gasteiger partial charge is 0.136 e. The first-order valence-electron chi connectivity index (χ1n) is 19.4. The van der Waals surface area contributed by atoms with Gasteiger partial charge in [-0.05, 0) is 113 Å². The Morgan fingerprint density at radius 2 is 0.786 bits per heavy atom. The van der Waals surface area contributed by atoms with Crippen LogP contribution in [-0.4, -0.2) is 0 Å². The molecule has 0 amide bonds. The van der Waals surface area contributed by atoms with Gasteiger partial charge < -0.3 is 8.83 Å². The van der Waals surface area contributed by atoms with E-state index < -0.39 is 0 Å². The molecule has 0 radical (unpaired) electrons. The molecule has 9 aromatic carbocycles. The third kappa shape index (κ3) is 5.17. The van der Waals surface area contributed by atoms with Crippen LogP contribution in [0.25, 0.3) is 110 Å². The zero-order valence-electron chi connectivity index (χ0n) is 31.6. The number of para-hydroxylation sites is 2. The minimum Gasteiger partial charge on any atom is -0.456 e. The van der Waals surface area contributed by atoms with E-state index in [1.165, 1.54) is 60.3 Å². The van der Waals surface area contributed by atoms with Gasteiger partial charge in [0.25, 0.3) is 0 Å². The number of hydrogen-bond acceptors (Lipinski definition) is 2. The summed E-state index contributed by atoms with van der Waals surface area (Å²) >= 11 is 0. The highest BCUT2D eigenvalue weighted by atomic mass is 16.3. The molecule has 2 heterocycles. The molecule has 0 N–H and O–H groups in total. The maximum Gasteiger partial charge on any atom is 0.136 e. The Labute approximate surface area is 325 Å². The molecule has 2 heteroatoms. The van der Waals surface area contributed by atoms with E-state index in [-0.39, 0.29) is 5.41 Å². The first kappa shape index (κ1) is 32.5. The summed E-state index contributed by atoms with van der Waals surface area (Å²) in [5.74, 6) is 1.73. The zero-order chi connectivity index (χ0) is 37.5. The van der Waals surface area contributed by atoms with Gasteiger partial charge >= 0.3 is 0 Å². The maximum absolute atomic E-state index is 6.67. The monoisotopic (exact) mass is 718 g/mol. The molecule has 2 nitrogen and oxygen atoms in total. The zero-order valence-corrected chi connectivity index (χ0v) is 31.6. The first-order valence-corrected chi connectivity index (χ1v) is 19.4. The Balaban J connectivity index is 1.26. The van der Waals surface area contributed by atoms with E-state index in [0.717, 1.165) is 55.5 Å². The molecule has 0 atom stereocenters. The second kappa shape index (κ2) is 12.3. The molecule has 11 rings (SSSR count). The van der Waals surface area contributed by atoms with E-state index in [9.17, 15) is 0 Å². The maximum atomic E-state index is 6.67. The Morgan fingerprint density at radius 1 is 0.339 bits per heavy atom. The van der Waals surface area contributed by atoms with Crippen molar-refractivity contribution in [3.63, 3.8) is 0 Å². The Kier molecular flexibility index (Phi) is 7.15. The molecule has 0 saturated heterocycles. The fraction of sp³-hybridized carbons (Fsp3) is 0.0741. The second-order valence-corrected chi connectivity index (χ2v) is 16.1. The van der Waals surface area contributed by atoms with Crippen LogP contribution < -0.4 is 0 Å².